The number of hydrogen-bond donors (Lipinski definition) is 1. The molecule has 1 N–H and O–H groups in total. The standard InChI is InChI=1S/C17H14BrClO4/c18-13-3-1-11(2-4-13)16(21)23-17(10-20)15-6-5-14(19)9-12(15)7-8-22-17/h1-6,9,20H,7-8,10H2/t17-/m0/s1. The summed E-state index contributed by atoms with van der Waals surface area (Å²) in [6.07, 6.45) is 0.646. The summed E-state index contributed by atoms with van der Waals surface area (Å²) in [6, 6.07) is 12.0. The zero-order valence-electron chi connectivity index (χ0n) is 12.1. The molecule has 1 heterocycles. The molecule has 0 bridgehead atoms. The fraction of sp³-hybridized carbons (Fsp3) is 0.235. The van der Waals surface area contributed by atoms with Crippen LogP contribution in [-0.4, -0.2) is 24.3 Å². The van der Waals surface area contributed by atoms with Crippen LogP contribution in [0.25, 0.3) is 0 Å². The van der Waals surface area contributed by atoms with E-state index in [1.54, 1.807) is 42.5 Å². The smallest absolute Gasteiger partial charge is 0.340 e. The summed E-state index contributed by atoms with van der Waals surface area (Å²) in [5.74, 6) is -2.06. The predicted octanol–water partition coefficient (Wildman–Crippen LogP) is 3.68. The molecular formula is C17H14BrClO4. The van der Waals surface area contributed by atoms with E-state index in [9.17, 15) is 9.90 Å². The lowest BCUT2D eigenvalue weighted by atomic mass is 9.95. The summed E-state index contributed by atoms with van der Waals surface area (Å²) in [7, 11) is 0. The van der Waals surface area contributed by atoms with Gasteiger partial charge >= 0.3 is 5.97 Å². The molecular weight excluding hydrogens is 384 g/mol. The molecule has 0 aliphatic carbocycles. The summed E-state index contributed by atoms with van der Waals surface area (Å²) < 4.78 is 12.1. The minimum Gasteiger partial charge on any atom is -0.422 e. The zero-order valence-corrected chi connectivity index (χ0v) is 14.4. The Morgan fingerprint density at radius 3 is 2.74 bits per heavy atom. The molecule has 0 radical (unpaired) electrons. The topological polar surface area (TPSA) is 55.8 Å². The van der Waals surface area contributed by atoms with Crippen molar-refractivity contribution >= 4 is 33.5 Å². The lowest BCUT2D eigenvalue weighted by Gasteiger charge is -2.36. The van der Waals surface area contributed by atoms with E-state index in [1.807, 2.05) is 0 Å². The summed E-state index contributed by atoms with van der Waals surface area (Å²) in [5.41, 5.74) is 1.91. The van der Waals surface area contributed by atoms with Crippen LogP contribution in [0.2, 0.25) is 5.02 Å². The first kappa shape index (κ1) is 16.5. The van der Waals surface area contributed by atoms with E-state index >= 15 is 0 Å². The molecule has 0 unspecified atom stereocenters. The van der Waals surface area contributed by atoms with Crippen LogP contribution in [0.3, 0.4) is 0 Å². The molecule has 1 aliphatic rings. The van der Waals surface area contributed by atoms with Gasteiger partial charge in [0.05, 0.1) is 12.2 Å². The fourth-order valence-electron chi connectivity index (χ4n) is 2.59. The third-order valence-electron chi connectivity index (χ3n) is 3.73. The minimum atomic E-state index is -1.50. The van der Waals surface area contributed by atoms with Gasteiger partial charge in [-0.1, -0.05) is 33.6 Å². The van der Waals surface area contributed by atoms with E-state index in [0.717, 1.165) is 10.0 Å². The van der Waals surface area contributed by atoms with Crippen LogP contribution in [0.4, 0.5) is 0 Å². The van der Waals surface area contributed by atoms with Crippen molar-refractivity contribution in [2.75, 3.05) is 13.2 Å². The van der Waals surface area contributed by atoms with E-state index in [4.69, 9.17) is 21.1 Å². The number of rotatable bonds is 3. The van der Waals surface area contributed by atoms with Crippen molar-refractivity contribution in [1.29, 1.82) is 0 Å². The maximum atomic E-state index is 12.4. The van der Waals surface area contributed by atoms with Crippen molar-refractivity contribution in [2.24, 2.45) is 0 Å². The first-order valence-electron chi connectivity index (χ1n) is 7.07. The fourth-order valence-corrected chi connectivity index (χ4v) is 3.05. The highest BCUT2D eigenvalue weighted by molar-refractivity contribution is 9.10. The number of hydrogen-bond acceptors (Lipinski definition) is 4. The Bertz CT molecular complexity index is 732. The van der Waals surface area contributed by atoms with E-state index in [1.165, 1.54) is 0 Å². The average Bonchev–Trinajstić information content (AvgIpc) is 2.55. The molecule has 23 heavy (non-hydrogen) atoms. The van der Waals surface area contributed by atoms with Gasteiger partial charge in [0, 0.05) is 15.1 Å². The van der Waals surface area contributed by atoms with Gasteiger partial charge in [-0.05, 0) is 48.4 Å². The first-order valence-corrected chi connectivity index (χ1v) is 8.24. The molecule has 0 amide bonds. The SMILES string of the molecule is O=C(O[C@]1(CO)OCCc2cc(Cl)ccc21)c1ccc(Br)cc1. The maximum absolute atomic E-state index is 12.4. The molecule has 3 rings (SSSR count). The number of aliphatic hydroxyl groups is 1. The number of ether oxygens (including phenoxy) is 2. The monoisotopic (exact) mass is 396 g/mol. The molecule has 4 nitrogen and oxygen atoms in total. The largest absolute Gasteiger partial charge is 0.422 e. The molecule has 1 atom stereocenters. The van der Waals surface area contributed by atoms with Crippen LogP contribution in [0.1, 0.15) is 21.5 Å². The number of benzene rings is 2. The third-order valence-corrected chi connectivity index (χ3v) is 4.49. The quantitative estimate of drug-likeness (QED) is 0.803. The van der Waals surface area contributed by atoms with Gasteiger partial charge in [-0.25, -0.2) is 4.79 Å². The Morgan fingerprint density at radius 1 is 1.30 bits per heavy atom. The number of halogens is 2. The Hall–Kier alpha value is -1.40. The molecule has 2 aromatic carbocycles. The van der Waals surface area contributed by atoms with Gasteiger partial charge in [-0.3, -0.25) is 0 Å². The Balaban J connectivity index is 1.93. The van der Waals surface area contributed by atoms with Crippen LogP contribution in [0.15, 0.2) is 46.9 Å². The minimum absolute atomic E-state index is 0.335. The normalized spacial score (nSPS) is 20.0. The van der Waals surface area contributed by atoms with Crippen LogP contribution >= 0.6 is 27.5 Å². The highest BCUT2D eigenvalue weighted by Gasteiger charge is 2.41. The lowest BCUT2D eigenvalue weighted by molar-refractivity contribution is -0.238. The highest BCUT2D eigenvalue weighted by Crippen LogP contribution is 2.36. The second kappa shape index (κ2) is 6.61. The van der Waals surface area contributed by atoms with Gasteiger partial charge in [-0.15, -0.1) is 0 Å². The zero-order chi connectivity index (χ0) is 16.4. The summed E-state index contributed by atoms with van der Waals surface area (Å²) in [4.78, 5) is 12.4. The molecule has 6 heteroatoms. The van der Waals surface area contributed by atoms with Crippen molar-refractivity contribution < 1.29 is 19.4 Å². The summed E-state index contributed by atoms with van der Waals surface area (Å²) in [5, 5.41) is 10.4. The van der Waals surface area contributed by atoms with Gasteiger partial charge in [-0.2, -0.15) is 0 Å². The van der Waals surface area contributed by atoms with Gasteiger partial charge in [0.25, 0.3) is 5.79 Å². The summed E-state index contributed by atoms with van der Waals surface area (Å²) >= 11 is 9.33. The predicted molar refractivity (Wildman–Crippen MR) is 89.4 cm³/mol. The third kappa shape index (κ3) is 3.28. The van der Waals surface area contributed by atoms with Gasteiger partial charge in [0.15, 0.2) is 0 Å². The molecule has 120 valence electrons. The number of fused-ring (bicyclic) bond motifs is 1. The van der Waals surface area contributed by atoms with Crippen molar-refractivity contribution in [3.05, 3.63) is 68.7 Å². The molecule has 2 aromatic rings. The average molecular weight is 398 g/mol. The second-order valence-corrected chi connectivity index (χ2v) is 6.56. The van der Waals surface area contributed by atoms with Crippen LogP contribution in [-0.2, 0) is 21.7 Å². The number of esters is 1. The van der Waals surface area contributed by atoms with E-state index < -0.39 is 18.4 Å². The van der Waals surface area contributed by atoms with Crippen molar-refractivity contribution in [2.45, 2.75) is 12.2 Å². The highest BCUT2D eigenvalue weighted by atomic mass is 79.9. The molecule has 1 aliphatic heterocycles. The number of carbonyl (C=O) groups excluding carboxylic acids is 1. The maximum Gasteiger partial charge on any atom is 0.340 e. The van der Waals surface area contributed by atoms with Crippen LogP contribution < -0.4 is 0 Å². The Labute approximate surface area is 147 Å². The van der Waals surface area contributed by atoms with Gasteiger partial charge in [0.1, 0.15) is 6.61 Å². The van der Waals surface area contributed by atoms with Gasteiger partial charge < -0.3 is 14.6 Å². The lowest BCUT2D eigenvalue weighted by Crippen LogP contribution is -2.43. The summed E-state index contributed by atoms with van der Waals surface area (Å²) in [6.45, 7) is -0.134. The van der Waals surface area contributed by atoms with Crippen LogP contribution in [0.5, 0.6) is 0 Å². The molecule has 0 saturated heterocycles. The van der Waals surface area contributed by atoms with E-state index in [2.05, 4.69) is 15.9 Å². The van der Waals surface area contributed by atoms with Crippen LogP contribution in [0, 0.1) is 0 Å². The molecule has 0 spiro atoms. The Kier molecular flexibility index (Phi) is 4.73. The number of carbonyl (C=O) groups is 1. The number of aliphatic hydroxyl groups excluding tert-OH is 1. The molecule has 0 fully saturated rings. The first-order chi connectivity index (χ1) is 11.0. The van der Waals surface area contributed by atoms with Gasteiger partial charge in [0.2, 0.25) is 0 Å². The van der Waals surface area contributed by atoms with E-state index in [-0.39, 0.29) is 0 Å². The van der Waals surface area contributed by atoms with E-state index in [0.29, 0.717) is 29.2 Å². The Morgan fingerprint density at radius 2 is 2.04 bits per heavy atom. The molecule has 0 aromatic heterocycles. The second-order valence-electron chi connectivity index (χ2n) is 5.21. The molecule has 0 saturated carbocycles. The van der Waals surface area contributed by atoms with Crippen molar-refractivity contribution in [1.82, 2.24) is 0 Å². The van der Waals surface area contributed by atoms with Crippen molar-refractivity contribution in [3.8, 4) is 0 Å². The van der Waals surface area contributed by atoms with Crippen molar-refractivity contribution in [3.63, 3.8) is 0 Å².